The third-order valence-electron chi connectivity index (χ3n) is 6.93. The fraction of sp³-hybridized carbons (Fsp3) is 0.258. The topological polar surface area (TPSA) is 83.4 Å². The number of H-pyrrole nitrogens is 1. The number of fused-ring (bicyclic) bond motifs is 1. The van der Waals surface area contributed by atoms with Gasteiger partial charge >= 0.3 is 0 Å². The van der Waals surface area contributed by atoms with Crippen LogP contribution >= 0.6 is 12.2 Å². The van der Waals surface area contributed by atoms with Crippen LogP contribution in [0.25, 0.3) is 11.2 Å². The molecule has 0 aliphatic carbocycles. The SMILES string of the molecule is S=c1nc[nH]c2c1ncn2[C@@H]1OC[C@@H](OCc2ccccc2)[C@@H](OCc2ccccc2)[C@H]1OCc1ccccc1. The molecule has 0 saturated carbocycles. The summed E-state index contributed by atoms with van der Waals surface area (Å²) in [7, 11) is 0. The number of hydrogen-bond donors (Lipinski definition) is 1. The molecule has 1 N–H and O–H groups in total. The maximum Gasteiger partial charge on any atom is 0.165 e. The van der Waals surface area contributed by atoms with Crippen molar-refractivity contribution >= 4 is 23.4 Å². The Kier molecular flexibility index (Phi) is 8.36. The van der Waals surface area contributed by atoms with E-state index in [1.165, 1.54) is 0 Å². The molecule has 1 aliphatic heterocycles. The molecule has 0 radical (unpaired) electrons. The molecule has 204 valence electrons. The fourth-order valence-electron chi connectivity index (χ4n) is 4.90. The summed E-state index contributed by atoms with van der Waals surface area (Å²) in [4.78, 5) is 11.9. The number of aromatic nitrogens is 4. The second kappa shape index (κ2) is 12.6. The van der Waals surface area contributed by atoms with Crippen LogP contribution in [0.1, 0.15) is 22.9 Å². The summed E-state index contributed by atoms with van der Waals surface area (Å²) in [5, 5.41) is 0. The van der Waals surface area contributed by atoms with Crippen molar-refractivity contribution in [1.29, 1.82) is 0 Å². The Morgan fingerprint density at radius 3 is 1.90 bits per heavy atom. The normalized spacial score (nSPS) is 21.0. The largest absolute Gasteiger partial charge is 0.368 e. The van der Waals surface area contributed by atoms with Gasteiger partial charge in [0.25, 0.3) is 0 Å². The Morgan fingerprint density at radius 1 is 0.750 bits per heavy atom. The van der Waals surface area contributed by atoms with Gasteiger partial charge < -0.3 is 23.9 Å². The summed E-state index contributed by atoms with van der Waals surface area (Å²) in [5.41, 5.74) is 4.51. The Labute approximate surface area is 237 Å². The second-order valence-electron chi connectivity index (χ2n) is 9.64. The first-order valence-corrected chi connectivity index (χ1v) is 13.7. The van der Waals surface area contributed by atoms with Gasteiger partial charge in [0, 0.05) is 0 Å². The summed E-state index contributed by atoms with van der Waals surface area (Å²) in [5.74, 6) is 0. The smallest absolute Gasteiger partial charge is 0.165 e. The van der Waals surface area contributed by atoms with Crippen molar-refractivity contribution in [3.63, 3.8) is 0 Å². The Balaban J connectivity index is 1.33. The van der Waals surface area contributed by atoms with Crippen molar-refractivity contribution < 1.29 is 18.9 Å². The molecule has 4 atom stereocenters. The monoisotopic (exact) mass is 554 g/mol. The molecule has 40 heavy (non-hydrogen) atoms. The van der Waals surface area contributed by atoms with E-state index in [9.17, 15) is 0 Å². The highest BCUT2D eigenvalue weighted by atomic mass is 32.1. The zero-order chi connectivity index (χ0) is 27.1. The van der Waals surface area contributed by atoms with Gasteiger partial charge in [0.2, 0.25) is 0 Å². The number of hydrogen-bond acceptors (Lipinski definition) is 7. The standard InChI is InChI=1S/C31H30N4O4S/c40-30-26-29(32-20-33-30)35(21-34-26)31-28(38-18-24-14-8-3-9-15-24)27(37-17-23-12-6-2-7-13-23)25(19-39-31)36-16-22-10-4-1-5-11-22/h1-15,20-21,25,27-28,31H,16-19H2,(H,32,33,40)/t25-,27-,28-,31-/m1/s1. The molecule has 2 aromatic heterocycles. The first-order valence-electron chi connectivity index (χ1n) is 13.2. The van der Waals surface area contributed by atoms with Gasteiger partial charge in [-0.1, -0.05) is 103 Å². The Morgan fingerprint density at radius 2 is 1.30 bits per heavy atom. The van der Waals surface area contributed by atoms with Crippen molar-refractivity contribution in [3.8, 4) is 0 Å². The van der Waals surface area contributed by atoms with E-state index in [0.29, 0.717) is 42.2 Å². The lowest BCUT2D eigenvalue weighted by Gasteiger charge is -2.42. The van der Waals surface area contributed by atoms with Crippen molar-refractivity contribution in [3.05, 3.63) is 125 Å². The minimum absolute atomic E-state index is 0.313. The third kappa shape index (κ3) is 6.04. The van der Waals surface area contributed by atoms with Gasteiger partial charge in [-0.3, -0.25) is 4.57 Å². The summed E-state index contributed by atoms with van der Waals surface area (Å²) in [6.45, 7) is 1.54. The number of aromatic amines is 1. The van der Waals surface area contributed by atoms with Gasteiger partial charge in [-0.25, -0.2) is 9.97 Å². The van der Waals surface area contributed by atoms with Crippen LogP contribution in [0.5, 0.6) is 0 Å². The number of nitrogens with one attached hydrogen (secondary N) is 1. The maximum absolute atomic E-state index is 6.63. The molecule has 0 spiro atoms. The van der Waals surface area contributed by atoms with Crippen molar-refractivity contribution in [2.75, 3.05) is 6.61 Å². The van der Waals surface area contributed by atoms with Gasteiger partial charge in [-0.15, -0.1) is 0 Å². The van der Waals surface area contributed by atoms with E-state index in [-0.39, 0.29) is 6.10 Å². The molecule has 0 amide bonds. The number of ether oxygens (including phenoxy) is 4. The highest BCUT2D eigenvalue weighted by molar-refractivity contribution is 7.71. The summed E-state index contributed by atoms with van der Waals surface area (Å²) >= 11 is 5.41. The van der Waals surface area contributed by atoms with E-state index in [0.717, 1.165) is 16.7 Å². The second-order valence-corrected chi connectivity index (χ2v) is 10.0. The minimum Gasteiger partial charge on any atom is -0.368 e. The molecule has 3 aromatic carbocycles. The first kappa shape index (κ1) is 26.5. The average Bonchev–Trinajstić information content (AvgIpc) is 3.45. The lowest BCUT2D eigenvalue weighted by atomic mass is 10.0. The molecule has 3 heterocycles. The molecule has 0 bridgehead atoms. The van der Waals surface area contributed by atoms with Crippen molar-refractivity contribution in [1.82, 2.24) is 19.5 Å². The molecule has 1 saturated heterocycles. The lowest BCUT2D eigenvalue weighted by Crippen LogP contribution is -2.54. The predicted octanol–water partition coefficient (Wildman–Crippen LogP) is 5.77. The fourth-order valence-corrected chi connectivity index (χ4v) is 5.10. The van der Waals surface area contributed by atoms with Gasteiger partial charge in [0.1, 0.15) is 29.5 Å². The van der Waals surface area contributed by atoms with Gasteiger partial charge in [-0.2, -0.15) is 0 Å². The highest BCUT2D eigenvalue weighted by Crippen LogP contribution is 2.33. The van der Waals surface area contributed by atoms with Crippen molar-refractivity contribution in [2.45, 2.75) is 44.4 Å². The molecule has 1 aliphatic rings. The molecule has 1 fully saturated rings. The number of rotatable bonds is 10. The van der Waals surface area contributed by atoms with Crippen LogP contribution in [0, 0.1) is 4.64 Å². The van der Waals surface area contributed by atoms with Crippen molar-refractivity contribution in [2.24, 2.45) is 0 Å². The minimum atomic E-state index is -0.542. The number of nitrogens with zero attached hydrogens (tertiary/aromatic N) is 3. The summed E-state index contributed by atoms with van der Waals surface area (Å²) in [6.07, 6.45) is 1.41. The molecular weight excluding hydrogens is 524 g/mol. The molecule has 5 aromatic rings. The van der Waals surface area contributed by atoms with Crippen LogP contribution in [-0.4, -0.2) is 44.4 Å². The number of imidazole rings is 1. The quantitative estimate of drug-likeness (QED) is 0.219. The van der Waals surface area contributed by atoms with E-state index < -0.39 is 18.4 Å². The van der Waals surface area contributed by atoms with Crippen LogP contribution in [0.3, 0.4) is 0 Å². The molecule has 0 unspecified atom stereocenters. The van der Waals surface area contributed by atoms with E-state index in [1.54, 1.807) is 12.7 Å². The molecule has 6 rings (SSSR count). The summed E-state index contributed by atoms with van der Waals surface area (Å²) in [6, 6.07) is 30.3. The van der Waals surface area contributed by atoms with Crippen LogP contribution < -0.4 is 0 Å². The predicted molar refractivity (Wildman–Crippen MR) is 153 cm³/mol. The molecule has 9 heteroatoms. The lowest BCUT2D eigenvalue weighted by molar-refractivity contribution is -0.255. The van der Waals surface area contributed by atoms with Gasteiger partial charge in [0.15, 0.2) is 10.9 Å². The van der Waals surface area contributed by atoms with Gasteiger partial charge in [-0.05, 0) is 16.7 Å². The van der Waals surface area contributed by atoms with E-state index >= 15 is 0 Å². The van der Waals surface area contributed by atoms with E-state index in [2.05, 4.69) is 15.0 Å². The first-order chi connectivity index (χ1) is 19.8. The third-order valence-corrected chi connectivity index (χ3v) is 7.23. The van der Waals surface area contributed by atoms with E-state index in [1.807, 2.05) is 95.6 Å². The van der Waals surface area contributed by atoms with Crippen LogP contribution in [-0.2, 0) is 38.8 Å². The van der Waals surface area contributed by atoms with Crippen LogP contribution in [0.4, 0.5) is 0 Å². The average molecular weight is 555 g/mol. The summed E-state index contributed by atoms with van der Waals surface area (Å²) < 4.78 is 28.5. The highest BCUT2D eigenvalue weighted by Gasteiger charge is 2.44. The molecular formula is C31H30N4O4S. The Bertz CT molecular complexity index is 1560. The number of benzene rings is 3. The van der Waals surface area contributed by atoms with E-state index in [4.69, 9.17) is 31.2 Å². The molecule has 8 nitrogen and oxygen atoms in total. The zero-order valence-corrected chi connectivity index (χ0v) is 22.7. The zero-order valence-electron chi connectivity index (χ0n) is 21.8. The Hall–Kier alpha value is -3.73. The van der Waals surface area contributed by atoms with Crippen LogP contribution in [0.2, 0.25) is 0 Å². The maximum atomic E-state index is 6.63. The van der Waals surface area contributed by atoms with Gasteiger partial charge in [0.05, 0.1) is 39.1 Å². The van der Waals surface area contributed by atoms with Crippen LogP contribution in [0.15, 0.2) is 104 Å².